The normalized spacial score (nSPS) is 13.9. The number of nitrogens with two attached hydrogens (primary N) is 1. The Balaban J connectivity index is 1.98. The number of primary amides is 1. The van der Waals surface area contributed by atoms with Crippen LogP contribution in [0.1, 0.15) is 32.8 Å². The number of nitrogens with zero attached hydrogens (tertiary/aromatic N) is 3. The summed E-state index contributed by atoms with van der Waals surface area (Å²) < 4.78 is 54.1. The first kappa shape index (κ1) is 23.4. The molecule has 172 valence electrons. The van der Waals surface area contributed by atoms with Gasteiger partial charge in [-0.3, -0.25) is 0 Å². The predicted octanol–water partition coefficient (Wildman–Crippen LogP) is 4.93. The number of benzene rings is 1. The van der Waals surface area contributed by atoms with Crippen molar-refractivity contribution in [1.29, 1.82) is 0 Å². The lowest BCUT2D eigenvalue weighted by molar-refractivity contribution is -0.139. The zero-order valence-electron chi connectivity index (χ0n) is 18.2. The van der Waals surface area contributed by atoms with E-state index in [2.05, 4.69) is 9.97 Å². The second kappa shape index (κ2) is 8.68. The predicted molar refractivity (Wildman–Crippen MR) is 113 cm³/mol. The van der Waals surface area contributed by atoms with E-state index in [1.807, 2.05) is 13.8 Å². The number of fused-ring (bicyclic) bond motifs is 1. The van der Waals surface area contributed by atoms with E-state index in [9.17, 15) is 18.0 Å². The number of aromatic nitrogens is 3. The van der Waals surface area contributed by atoms with E-state index in [1.165, 1.54) is 18.5 Å². The van der Waals surface area contributed by atoms with Crippen LogP contribution in [0.5, 0.6) is 5.75 Å². The smallest absolute Gasteiger partial charge is 0.419 e. The minimum atomic E-state index is -4.67. The SMILES string of the molecule is CC(C)CC(C)(COc1ccc(-c2ncnc3c2ccn3C)cc1C(F)(F)F)OC(N)=O. The maximum Gasteiger partial charge on any atom is 0.419 e. The van der Waals surface area contributed by atoms with Crippen molar-refractivity contribution in [2.45, 2.75) is 39.0 Å². The van der Waals surface area contributed by atoms with Crippen LogP contribution < -0.4 is 10.5 Å². The van der Waals surface area contributed by atoms with Gasteiger partial charge in [-0.25, -0.2) is 14.8 Å². The summed E-state index contributed by atoms with van der Waals surface area (Å²) in [6.45, 7) is 5.08. The van der Waals surface area contributed by atoms with Crippen molar-refractivity contribution in [3.63, 3.8) is 0 Å². The van der Waals surface area contributed by atoms with Crippen molar-refractivity contribution in [2.75, 3.05) is 6.61 Å². The summed E-state index contributed by atoms with van der Waals surface area (Å²) in [5.74, 6) is -0.277. The number of amides is 1. The van der Waals surface area contributed by atoms with Gasteiger partial charge in [0.25, 0.3) is 0 Å². The lowest BCUT2D eigenvalue weighted by atomic mass is 9.95. The summed E-state index contributed by atoms with van der Waals surface area (Å²) in [5.41, 5.74) is 4.28. The number of alkyl halides is 3. The Hall–Kier alpha value is -3.30. The first-order chi connectivity index (χ1) is 14.9. The van der Waals surface area contributed by atoms with Crippen molar-refractivity contribution in [3.8, 4) is 17.0 Å². The lowest BCUT2D eigenvalue weighted by Gasteiger charge is -2.30. The Morgan fingerprint density at radius 2 is 1.94 bits per heavy atom. The van der Waals surface area contributed by atoms with Crippen LogP contribution in [-0.4, -0.2) is 32.8 Å². The third kappa shape index (κ3) is 5.12. The molecule has 2 N–H and O–H groups in total. The third-order valence-electron chi connectivity index (χ3n) is 4.94. The summed E-state index contributed by atoms with van der Waals surface area (Å²) in [6, 6.07) is 5.50. The van der Waals surface area contributed by atoms with E-state index in [-0.39, 0.29) is 23.8 Å². The molecular weight excluding hydrogens is 425 g/mol. The van der Waals surface area contributed by atoms with E-state index in [0.29, 0.717) is 23.1 Å². The number of rotatable bonds is 7. The monoisotopic (exact) mass is 450 g/mol. The third-order valence-corrected chi connectivity index (χ3v) is 4.94. The molecule has 0 spiro atoms. The second-order valence-corrected chi connectivity index (χ2v) is 8.35. The van der Waals surface area contributed by atoms with Crippen LogP contribution in [0.4, 0.5) is 18.0 Å². The first-order valence-corrected chi connectivity index (χ1v) is 9.98. The van der Waals surface area contributed by atoms with Gasteiger partial charge in [0.15, 0.2) is 0 Å². The minimum Gasteiger partial charge on any atom is -0.489 e. The Morgan fingerprint density at radius 1 is 1.22 bits per heavy atom. The van der Waals surface area contributed by atoms with Crippen LogP contribution in [0.25, 0.3) is 22.3 Å². The van der Waals surface area contributed by atoms with E-state index in [0.717, 1.165) is 6.07 Å². The average molecular weight is 450 g/mol. The summed E-state index contributed by atoms with van der Waals surface area (Å²) in [6.07, 6.45) is -2.25. The van der Waals surface area contributed by atoms with Gasteiger partial charge >= 0.3 is 12.3 Å². The molecule has 7 nitrogen and oxygen atoms in total. The van der Waals surface area contributed by atoms with Crippen molar-refractivity contribution in [3.05, 3.63) is 42.4 Å². The molecule has 3 aromatic rings. The topological polar surface area (TPSA) is 92.3 Å². The van der Waals surface area contributed by atoms with Gasteiger partial charge in [0.05, 0.1) is 11.3 Å². The highest BCUT2D eigenvalue weighted by molar-refractivity contribution is 5.91. The standard InChI is InChI=1S/C22H25F3N4O3/c1-13(2)10-21(3,32-20(26)30)11-31-17-6-5-14(9-16(17)22(23,24)25)18-15-7-8-29(4)19(15)28-12-27-18/h5-9,12-13H,10-11H2,1-4H3,(H2,26,30). The molecule has 1 atom stereocenters. The largest absolute Gasteiger partial charge is 0.489 e. The Kier molecular flexibility index (Phi) is 6.34. The molecule has 0 fully saturated rings. The molecule has 1 aromatic carbocycles. The van der Waals surface area contributed by atoms with Gasteiger partial charge in [0.2, 0.25) is 0 Å². The van der Waals surface area contributed by atoms with Gasteiger partial charge in [-0.2, -0.15) is 13.2 Å². The number of ether oxygens (including phenoxy) is 2. The number of hydrogen-bond acceptors (Lipinski definition) is 5. The molecule has 3 rings (SSSR count). The molecule has 0 aliphatic carbocycles. The molecule has 0 aliphatic rings. The quantitative estimate of drug-likeness (QED) is 0.551. The molecule has 0 saturated carbocycles. The van der Waals surface area contributed by atoms with Crippen molar-refractivity contribution >= 4 is 17.1 Å². The number of carbonyl (C=O) groups is 1. The Morgan fingerprint density at radius 3 is 2.56 bits per heavy atom. The van der Waals surface area contributed by atoms with Gasteiger partial charge < -0.3 is 19.8 Å². The fourth-order valence-electron chi connectivity index (χ4n) is 3.80. The van der Waals surface area contributed by atoms with Crippen molar-refractivity contribution in [1.82, 2.24) is 14.5 Å². The summed E-state index contributed by atoms with van der Waals surface area (Å²) in [7, 11) is 1.79. The van der Waals surface area contributed by atoms with E-state index < -0.39 is 23.4 Å². The number of aryl methyl sites for hydroxylation is 1. The van der Waals surface area contributed by atoms with Gasteiger partial charge in [0, 0.05) is 24.2 Å². The van der Waals surface area contributed by atoms with Gasteiger partial charge in [-0.05, 0) is 43.5 Å². The maximum absolute atomic E-state index is 13.9. The summed E-state index contributed by atoms with van der Waals surface area (Å²) in [5, 5.41) is 0.635. The van der Waals surface area contributed by atoms with E-state index in [1.54, 1.807) is 30.8 Å². The molecule has 0 aliphatic heterocycles. The Bertz CT molecular complexity index is 1130. The lowest BCUT2D eigenvalue weighted by Crippen LogP contribution is -2.41. The molecule has 1 unspecified atom stereocenters. The fraction of sp³-hybridized carbons (Fsp3) is 0.409. The zero-order valence-corrected chi connectivity index (χ0v) is 18.2. The molecule has 0 radical (unpaired) electrons. The zero-order chi connectivity index (χ0) is 23.7. The van der Waals surface area contributed by atoms with Crippen molar-refractivity contribution < 1.29 is 27.4 Å². The van der Waals surface area contributed by atoms with Gasteiger partial charge in [-0.15, -0.1) is 0 Å². The molecular formula is C22H25F3N4O3. The fourth-order valence-corrected chi connectivity index (χ4v) is 3.80. The molecule has 0 bridgehead atoms. The Labute approximate surface area is 183 Å². The number of carbonyl (C=O) groups excluding carboxylic acids is 1. The second-order valence-electron chi connectivity index (χ2n) is 8.35. The number of halogens is 3. The minimum absolute atomic E-state index is 0.0958. The molecule has 0 saturated heterocycles. The van der Waals surface area contributed by atoms with Crippen molar-refractivity contribution in [2.24, 2.45) is 18.7 Å². The van der Waals surface area contributed by atoms with E-state index in [4.69, 9.17) is 15.2 Å². The van der Waals surface area contributed by atoms with Gasteiger partial charge in [-0.1, -0.05) is 13.8 Å². The molecule has 2 aromatic heterocycles. The van der Waals surface area contributed by atoms with Crippen LogP contribution >= 0.6 is 0 Å². The highest BCUT2D eigenvalue weighted by atomic mass is 19.4. The number of hydrogen-bond donors (Lipinski definition) is 1. The summed E-state index contributed by atoms with van der Waals surface area (Å²) in [4.78, 5) is 19.7. The van der Waals surface area contributed by atoms with E-state index >= 15 is 0 Å². The van der Waals surface area contributed by atoms with Crippen LogP contribution in [-0.2, 0) is 18.0 Å². The van der Waals surface area contributed by atoms with Crippen LogP contribution in [0.3, 0.4) is 0 Å². The highest BCUT2D eigenvalue weighted by Crippen LogP contribution is 2.40. The van der Waals surface area contributed by atoms with Crippen LogP contribution in [0.2, 0.25) is 0 Å². The maximum atomic E-state index is 13.9. The summed E-state index contributed by atoms with van der Waals surface area (Å²) >= 11 is 0. The highest BCUT2D eigenvalue weighted by Gasteiger charge is 2.37. The first-order valence-electron chi connectivity index (χ1n) is 9.98. The molecule has 1 amide bonds. The van der Waals surface area contributed by atoms with Gasteiger partial charge in [0.1, 0.15) is 29.9 Å². The molecule has 2 heterocycles. The van der Waals surface area contributed by atoms with Crippen LogP contribution in [0.15, 0.2) is 36.8 Å². The molecule has 10 heteroatoms. The average Bonchev–Trinajstić information content (AvgIpc) is 3.05. The van der Waals surface area contributed by atoms with Crippen LogP contribution in [0, 0.1) is 5.92 Å². The molecule has 32 heavy (non-hydrogen) atoms.